The third-order valence-corrected chi connectivity index (χ3v) is 3.01. The molecule has 126 valence electrons. The molecule has 0 spiro atoms. The first kappa shape index (κ1) is 16.8. The second kappa shape index (κ2) is 7.13. The van der Waals surface area contributed by atoms with Gasteiger partial charge in [0.25, 0.3) is 11.1 Å². The molecule has 2 aromatic rings. The zero-order valence-electron chi connectivity index (χ0n) is 12.6. The van der Waals surface area contributed by atoms with Crippen molar-refractivity contribution >= 4 is 12.4 Å². The molecule has 2 aromatic heterocycles. The lowest BCUT2D eigenvalue weighted by Crippen LogP contribution is -2.26. The molecule has 0 atom stereocenters. The molecule has 6 N–H and O–H groups in total. The number of nitrogens with two attached hydrogens (primary N) is 2. The largest absolute Gasteiger partial charge is 0.401 e. The highest BCUT2D eigenvalue weighted by molar-refractivity contribution is 5.31. The van der Waals surface area contributed by atoms with Gasteiger partial charge < -0.3 is 11.5 Å². The van der Waals surface area contributed by atoms with E-state index in [-0.39, 0.29) is 0 Å². The Morgan fingerprint density at radius 2 is 1.21 bits per heavy atom. The number of hydrogen-bond acceptors (Lipinski definition) is 6. The molecule has 2 rings (SSSR count). The van der Waals surface area contributed by atoms with Crippen LogP contribution in [-0.2, 0) is 0 Å². The van der Waals surface area contributed by atoms with E-state index in [2.05, 4.69) is 9.97 Å². The third kappa shape index (κ3) is 4.47. The van der Waals surface area contributed by atoms with Gasteiger partial charge in [0.2, 0.25) is 0 Å². The van der Waals surface area contributed by atoms with Gasteiger partial charge in [0, 0.05) is 48.3 Å². The summed E-state index contributed by atoms with van der Waals surface area (Å²) in [6, 6.07) is 2.39. The van der Waals surface area contributed by atoms with Crippen molar-refractivity contribution in [2.75, 3.05) is 0 Å². The van der Waals surface area contributed by atoms with Gasteiger partial charge in [-0.15, -0.1) is 0 Å². The normalized spacial score (nSPS) is 12.3. The predicted octanol–water partition coefficient (Wildman–Crippen LogP) is -1.62. The van der Waals surface area contributed by atoms with E-state index in [9.17, 15) is 19.2 Å². The van der Waals surface area contributed by atoms with E-state index in [1.54, 1.807) is 0 Å². The van der Waals surface area contributed by atoms with Gasteiger partial charge >= 0.3 is 11.4 Å². The topological polar surface area (TPSA) is 162 Å². The highest BCUT2D eigenvalue weighted by Crippen LogP contribution is 2.05. The van der Waals surface area contributed by atoms with Crippen LogP contribution in [0, 0.1) is 0 Å². The van der Waals surface area contributed by atoms with Crippen molar-refractivity contribution in [1.82, 2.24) is 19.1 Å². The highest BCUT2D eigenvalue weighted by Gasteiger charge is 1.99. The van der Waals surface area contributed by atoms with Gasteiger partial charge in [-0.2, -0.15) is 0 Å². The van der Waals surface area contributed by atoms with Crippen LogP contribution in [0.5, 0.6) is 0 Å². The standard InChI is InChI=1S/C14H16N6O4/c15-9(7-19-5-3-11(21)17-13(19)23)1-2-10(16)8-20-6-4-12(22)18-14(20)24/h3-8H,1-2,15-16H2,(H,17,21,23)(H,18,22,24)/b9-7-,10-8-. The fraction of sp³-hybridized carbons (Fsp3) is 0.143. The molecule has 0 unspecified atom stereocenters. The van der Waals surface area contributed by atoms with Gasteiger partial charge in [-0.3, -0.25) is 28.7 Å². The Morgan fingerprint density at radius 3 is 1.54 bits per heavy atom. The van der Waals surface area contributed by atoms with Crippen LogP contribution in [0.2, 0.25) is 0 Å². The van der Waals surface area contributed by atoms with Gasteiger partial charge in [0.05, 0.1) is 0 Å². The summed E-state index contributed by atoms with van der Waals surface area (Å²) in [5.74, 6) is 0. The van der Waals surface area contributed by atoms with Crippen molar-refractivity contribution in [2.24, 2.45) is 11.5 Å². The third-order valence-electron chi connectivity index (χ3n) is 3.01. The molecule has 0 aliphatic carbocycles. The number of aromatic nitrogens is 4. The minimum Gasteiger partial charge on any atom is -0.401 e. The highest BCUT2D eigenvalue weighted by atomic mass is 16.2. The predicted molar refractivity (Wildman–Crippen MR) is 88.8 cm³/mol. The molecule has 10 nitrogen and oxygen atoms in total. The van der Waals surface area contributed by atoms with Crippen LogP contribution in [0.4, 0.5) is 0 Å². The quantitative estimate of drug-likeness (QED) is 0.514. The van der Waals surface area contributed by atoms with Crippen LogP contribution in [0.1, 0.15) is 12.8 Å². The monoisotopic (exact) mass is 332 g/mol. The molecule has 0 aliphatic rings. The van der Waals surface area contributed by atoms with E-state index in [4.69, 9.17) is 11.5 Å². The lowest BCUT2D eigenvalue weighted by Gasteiger charge is -2.05. The smallest absolute Gasteiger partial charge is 0.332 e. The lowest BCUT2D eigenvalue weighted by molar-refractivity contribution is 0.867. The summed E-state index contributed by atoms with van der Waals surface area (Å²) < 4.78 is 2.28. The van der Waals surface area contributed by atoms with Crippen molar-refractivity contribution < 1.29 is 0 Å². The molecular weight excluding hydrogens is 316 g/mol. The maximum atomic E-state index is 11.5. The molecule has 0 bridgehead atoms. The molecule has 0 amide bonds. The fourth-order valence-electron chi connectivity index (χ4n) is 1.83. The second-order valence-corrected chi connectivity index (χ2v) is 4.94. The van der Waals surface area contributed by atoms with Crippen LogP contribution in [0.25, 0.3) is 12.4 Å². The number of H-pyrrole nitrogens is 2. The first-order chi connectivity index (χ1) is 11.3. The van der Waals surface area contributed by atoms with Crippen molar-refractivity contribution in [3.05, 3.63) is 77.6 Å². The summed E-state index contributed by atoms with van der Waals surface area (Å²) in [6.07, 6.45) is 5.99. The Hall–Kier alpha value is -3.56. The fourth-order valence-corrected chi connectivity index (χ4v) is 1.83. The van der Waals surface area contributed by atoms with E-state index in [1.165, 1.54) is 36.9 Å². The van der Waals surface area contributed by atoms with Crippen LogP contribution in [0.15, 0.2) is 55.1 Å². The summed E-state index contributed by atoms with van der Waals surface area (Å²) in [6.45, 7) is 0. The number of aromatic amines is 2. The first-order valence-corrected chi connectivity index (χ1v) is 6.90. The maximum Gasteiger partial charge on any atom is 0.332 e. The van der Waals surface area contributed by atoms with Gasteiger partial charge in [0.1, 0.15) is 0 Å². The molecule has 0 aliphatic heterocycles. The minimum atomic E-state index is -0.603. The van der Waals surface area contributed by atoms with E-state index in [0.29, 0.717) is 24.2 Å². The molecule has 24 heavy (non-hydrogen) atoms. The summed E-state index contributed by atoms with van der Waals surface area (Å²) in [4.78, 5) is 49.2. The number of nitrogens with zero attached hydrogens (tertiary/aromatic N) is 2. The Kier molecular flexibility index (Phi) is 5.00. The van der Waals surface area contributed by atoms with Crippen LogP contribution >= 0.6 is 0 Å². The van der Waals surface area contributed by atoms with Crippen molar-refractivity contribution in [3.63, 3.8) is 0 Å². The molecule has 0 radical (unpaired) electrons. The van der Waals surface area contributed by atoms with Gasteiger partial charge in [0.15, 0.2) is 0 Å². The summed E-state index contributed by atoms with van der Waals surface area (Å²) >= 11 is 0. The Labute approximate surface area is 134 Å². The van der Waals surface area contributed by atoms with Gasteiger partial charge in [-0.25, -0.2) is 9.59 Å². The molecule has 10 heteroatoms. The zero-order valence-corrected chi connectivity index (χ0v) is 12.6. The molecule has 0 aromatic carbocycles. The van der Waals surface area contributed by atoms with Crippen molar-refractivity contribution in [3.8, 4) is 0 Å². The van der Waals surface area contributed by atoms with Crippen molar-refractivity contribution in [1.29, 1.82) is 0 Å². The number of nitrogens with one attached hydrogen (secondary N) is 2. The van der Waals surface area contributed by atoms with E-state index >= 15 is 0 Å². The summed E-state index contributed by atoms with van der Waals surface area (Å²) in [5.41, 5.74) is 10.1. The average Bonchev–Trinajstić information content (AvgIpc) is 2.51. The van der Waals surface area contributed by atoms with Crippen LogP contribution < -0.4 is 34.0 Å². The summed E-state index contributed by atoms with van der Waals surface area (Å²) in [5, 5.41) is 0. The second-order valence-electron chi connectivity index (χ2n) is 4.94. The Bertz CT molecular complexity index is 937. The van der Waals surface area contributed by atoms with Crippen molar-refractivity contribution in [2.45, 2.75) is 12.8 Å². The van der Waals surface area contributed by atoms with E-state index in [1.807, 2.05) is 0 Å². The van der Waals surface area contributed by atoms with Crippen LogP contribution in [0.3, 0.4) is 0 Å². The first-order valence-electron chi connectivity index (χ1n) is 6.90. The zero-order chi connectivity index (χ0) is 17.7. The number of rotatable bonds is 5. The molecule has 0 saturated heterocycles. The van der Waals surface area contributed by atoms with E-state index < -0.39 is 22.5 Å². The number of hydrogen-bond donors (Lipinski definition) is 4. The maximum absolute atomic E-state index is 11.5. The van der Waals surface area contributed by atoms with Gasteiger partial charge in [-0.05, 0) is 12.8 Å². The minimum absolute atomic E-state index is 0.325. The number of allylic oxidation sites excluding steroid dienone is 2. The summed E-state index contributed by atoms with van der Waals surface area (Å²) in [7, 11) is 0. The molecular formula is C14H16N6O4. The Balaban J connectivity index is 2.08. The molecule has 2 heterocycles. The van der Waals surface area contributed by atoms with E-state index in [0.717, 1.165) is 9.13 Å². The molecule has 0 fully saturated rings. The molecule has 0 saturated carbocycles. The lowest BCUT2D eigenvalue weighted by atomic mass is 10.2. The van der Waals surface area contributed by atoms with Gasteiger partial charge in [-0.1, -0.05) is 0 Å². The SMILES string of the molecule is N/C(=C\n1ccc(=O)[nH]c1=O)CC/C(N)=C/n1ccc(=O)[nH]c1=O. The average molecular weight is 332 g/mol. The Morgan fingerprint density at radius 1 is 0.833 bits per heavy atom. The van der Waals surface area contributed by atoms with Crippen LogP contribution in [-0.4, -0.2) is 19.1 Å².